The summed E-state index contributed by atoms with van der Waals surface area (Å²) < 4.78 is 26.5. The maximum Gasteiger partial charge on any atom is 0.315 e. The lowest BCUT2D eigenvalue weighted by molar-refractivity contribution is -0.145. The van der Waals surface area contributed by atoms with E-state index in [1.807, 2.05) is 20.8 Å². The Hall–Kier alpha value is -2.96. The molecule has 5 rings (SSSR count). The second kappa shape index (κ2) is 14.0. The number of nitrogens with zero attached hydrogens (tertiary/aromatic N) is 1. The molecule has 0 aromatic carbocycles. The molecule has 2 aliphatic heterocycles. The lowest BCUT2D eigenvalue weighted by Crippen LogP contribution is -2.66. The number of ketones is 1. The van der Waals surface area contributed by atoms with Crippen molar-refractivity contribution < 1.29 is 32.4 Å². The molecule has 0 bridgehead atoms. The number of rotatable bonds is 12. The predicted molar refractivity (Wildman–Crippen MR) is 186 cm³/mol. The highest BCUT2D eigenvalue weighted by molar-refractivity contribution is 7.92. The molecular weight excluding hydrogens is 646 g/mol. The number of amides is 5. The minimum absolute atomic E-state index is 0.0668. The molecule has 12 nitrogen and oxygen atoms in total. The second-order valence-electron chi connectivity index (χ2n) is 17.0. The van der Waals surface area contributed by atoms with E-state index in [0.29, 0.717) is 38.6 Å². The van der Waals surface area contributed by atoms with Crippen LogP contribution in [0.15, 0.2) is 12.7 Å². The number of hydrogen-bond donors (Lipinski definition) is 4. The predicted octanol–water partition coefficient (Wildman–Crippen LogP) is 3.01. The maximum atomic E-state index is 14.5. The fourth-order valence-corrected chi connectivity index (χ4v) is 11.3. The Morgan fingerprint density at radius 1 is 0.959 bits per heavy atom. The maximum absolute atomic E-state index is 14.5. The van der Waals surface area contributed by atoms with E-state index in [-0.39, 0.29) is 35.5 Å². The first-order valence-corrected chi connectivity index (χ1v) is 20.0. The minimum Gasteiger partial charge on any atom is -0.346 e. The Labute approximate surface area is 291 Å². The third-order valence-electron chi connectivity index (χ3n) is 12.0. The summed E-state index contributed by atoms with van der Waals surface area (Å²) in [5.41, 5.74) is -1.84. The van der Waals surface area contributed by atoms with Crippen molar-refractivity contribution in [2.45, 2.75) is 134 Å². The summed E-state index contributed by atoms with van der Waals surface area (Å²) in [6.45, 7) is 13.7. The van der Waals surface area contributed by atoms with Gasteiger partial charge in [0.05, 0.1) is 22.6 Å². The highest BCUT2D eigenvalue weighted by Gasteiger charge is 2.70. The molecule has 5 amide bonds. The van der Waals surface area contributed by atoms with E-state index in [2.05, 4.69) is 41.7 Å². The van der Waals surface area contributed by atoms with Crippen LogP contribution in [0.25, 0.3) is 0 Å². The van der Waals surface area contributed by atoms with Gasteiger partial charge in [-0.05, 0) is 60.7 Å². The number of urea groups is 1. The Morgan fingerprint density at radius 3 is 2.22 bits per heavy atom. The van der Waals surface area contributed by atoms with Crippen LogP contribution in [0.5, 0.6) is 0 Å². The highest BCUT2D eigenvalue weighted by atomic mass is 32.2. The molecule has 6 atom stereocenters. The van der Waals surface area contributed by atoms with Gasteiger partial charge in [-0.15, -0.1) is 6.58 Å². The van der Waals surface area contributed by atoms with E-state index < -0.39 is 73.7 Å². The quantitative estimate of drug-likeness (QED) is 0.179. The SMILES string of the molecule is C=CCNC(=O)C(=O)[C@H](CC1CC1)NC(=O)[C@@H]1C2[C@H](CN1C(=O)[C@@H](NC(=O)NC1([C@H]3CCCCS3(=O)=O)CCCCC1)C(C)(C)C)C2(C)C. The first-order valence-electron chi connectivity index (χ1n) is 18.3. The summed E-state index contributed by atoms with van der Waals surface area (Å²) in [4.78, 5) is 69.8. The Kier molecular flexibility index (Phi) is 10.6. The molecule has 2 saturated heterocycles. The van der Waals surface area contributed by atoms with Crippen molar-refractivity contribution in [3.05, 3.63) is 12.7 Å². The second-order valence-corrected chi connectivity index (χ2v) is 19.3. The minimum atomic E-state index is -3.39. The molecule has 0 spiro atoms. The van der Waals surface area contributed by atoms with E-state index in [9.17, 15) is 32.4 Å². The van der Waals surface area contributed by atoms with Crippen molar-refractivity contribution >= 4 is 39.4 Å². The van der Waals surface area contributed by atoms with Gasteiger partial charge < -0.3 is 26.2 Å². The van der Waals surface area contributed by atoms with Crippen LogP contribution in [0.3, 0.4) is 0 Å². The van der Waals surface area contributed by atoms with Crippen LogP contribution in [-0.4, -0.2) is 90.6 Å². The zero-order valence-corrected chi connectivity index (χ0v) is 30.8. The highest BCUT2D eigenvalue weighted by Crippen LogP contribution is 2.65. The number of carbonyl (C=O) groups excluding carboxylic acids is 5. The number of nitrogens with one attached hydrogen (secondary N) is 4. The third kappa shape index (κ3) is 7.86. The average molecular weight is 704 g/mol. The van der Waals surface area contributed by atoms with Gasteiger partial charge in [0.2, 0.25) is 17.6 Å². The summed E-state index contributed by atoms with van der Waals surface area (Å²) in [7, 11) is -3.39. The summed E-state index contributed by atoms with van der Waals surface area (Å²) in [5.74, 6) is -2.07. The monoisotopic (exact) mass is 703 g/mol. The van der Waals surface area contributed by atoms with Gasteiger partial charge in [0.15, 0.2) is 9.84 Å². The Morgan fingerprint density at radius 2 is 1.63 bits per heavy atom. The molecular formula is C36H57N5O7S. The number of hydrogen-bond acceptors (Lipinski definition) is 7. The van der Waals surface area contributed by atoms with Gasteiger partial charge >= 0.3 is 6.03 Å². The van der Waals surface area contributed by atoms with Crippen molar-refractivity contribution in [1.82, 2.24) is 26.2 Å². The first-order chi connectivity index (χ1) is 22.9. The molecule has 0 aromatic heterocycles. The van der Waals surface area contributed by atoms with Crippen LogP contribution in [0.1, 0.15) is 105 Å². The Bertz CT molecular complexity index is 1440. The van der Waals surface area contributed by atoms with Gasteiger partial charge in [0.25, 0.3) is 5.91 Å². The summed E-state index contributed by atoms with van der Waals surface area (Å²) in [6, 6.07) is -3.47. The van der Waals surface area contributed by atoms with Crippen molar-refractivity contribution in [2.75, 3.05) is 18.8 Å². The van der Waals surface area contributed by atoms with Crippen molar-refractivity contribution in [3.8, 4) is 0 Å². The van der Waals surface area contributed by atoms with Crippen LogP contribution in [0.2, 0.25) is 0 Å². The molecule has 3 aliphatic carbocycles. The van der Waals surface area contributed by atoms with Crippen molar-refractivity contribution in [2.24, 2.45) is 28.6 Å². The molecule has 274 valence electrons. The molecule has 2 heterocycles. The van der Waals surface area contributed by atoms with Crippen LogP contribution < -0.4 is 21.3 Å². The smallest absolute Gasteiger partial charge is 0.315 e. The molecule has 0 radical (unpaired) electrons. The lowest BCUT2D eigenvalue weighted by atomic mass is 9.77. The molecule has 13 heteroatoms. The molecule has 49 heavy (non-hydrogen) atoms. The van der Waals surface area contributed by atoms with Gasteiger partial charge in [-0.1, -0.05) is 79.2 Å². The summed E-state index contributed by atoms with van der Waals surface area (Å²) >= 11 is 0. The van der Waals surface area contributed by atoms with E-state index >= 15 is 0 Å². The van der Waals surface area contributed by atoms with Gasteiger partial charge in [0, 0.05) is 13.1 Å². The van der Waals surface area contributed by atoms with E-state index in [1.54, 1.807) is 4.90 Å². The zero-order chi connectivity index (χ0) is 35.9. The Balaban J connectivity index is 1.35. The summed E-state index contributed by atoms with van der Waals surface area (Å²) in [5, 5.41) is 10.7. The zero-order valence-electron chi connectivity index (χ0n) is 29.9. The van der Waals surface area contributed by atoms with Gasteiger partial charge in [-0.25, -0.2) is 13.2 Å². The number of fused-ring (bicyclic) bond motifs is 1. The van der Waals surface area contributed by atoms with Crippen LogP contribution in [0.4, 0.5) is 4.79 Å². The topological polar surface area (TPSA) is 171 Å². The molecule has 3 saturated carbocycles. The largest absolute Gasteiger partial charge is 0.346 e. The fraction of sp³-hybridized carbons (Fsp3) is 0.806. The van der Waals surface area contributed by atoms with Gasteiger partial charge in [-0.2, -0.15) is 0 Å². The van der Waals surface area contributed by atoms with Crippen LogP contribution >= 0.6 is 0 Å². The van der Waals surface area contributed by atoms with Crippen LogP contribution in [0, 0.1) is 28.6 Å². The number of piperidine rings is 1. The normalized spacial score (nSPS) is 29.4. The fourth-order valence-electron chi connectivity index (χ4n) is 8.89. The number of sulfone groups is 1. The molecule has 5 fully saturated rings. The van der Waals surface area contributed by atoms with Gasteiger partial charge in [0.1, 0.15) is 12.1 Å². The molecule has 1 unspecified atom stereocenters. The lowest BCUT2D eigenvalue weighted by Gasteiger charge is -2.45. The molecule has 5 aliphatic rings. The van der Waals surface area contributed by atoms with Crippen molar-refractivity contribution in [3.63, 3.8) is 0 Å². The van der Waals surface area contributed by atoms with Gasteiger partial charge in [-0.3, -0.25) is 19.2 Å². The van der Waals surface area contributed by atoms with E-state index in [1.165, 1.54) is 6.08 Å². The van der Waals surface area contributed by atoms with Crippen LogP contribution in [-0.2, 0) is 29.0 Å². The van der Waals surface area contributed by atoms with Crippen molar-refractivity contribution in [1.29, 1.82) is 0 Å². The number of likely N-dealkylation sites (tertiary alicyclic amines) is 1. The summed E-state index contributed by atoms with van der Waals surface area (Å²) in [6.07, 6.45) is 9.36. The first kappa shape index (κ1) is 37.3. The third-order valence-corrected chi connectivity index (χ3v) is 14.4. The van der Waals surface area contributed by atoms with E-state index in [4.69, 9.17) is 0 Å². The average Bonchev–Trinajstić information content (AvgIpc) is 3.88. The number of Topliss-reactive ketones (excluding diaryl/α,β-unsaturated/α-hetero) is 1. The number of carbonyl (C=O) groups is 5. The molecule has 0 aromatic rings. The van der Waals surface area contributed by atoms with E-state index in [0.717, 1.165) is 38.5 Å². The standard InChI is InChI=1S/C36H57N5O7S/c1-7-18-37-31(44)28(42)24(20-22-14-15-22)38-30(43)27-26-23(35(26,5)6)21-41(27)32(45)29(34(2,3)4)39-33(46)40-36(16-10-8-11-17-36)25-13-9-12-19-49(25,47)48/h7,22-27,29H,1,8-21H2,2-6H3,(H,37,44)(H,38,43)(H2,39,40,46)/t23-,24-,25+,26?,27-,29+/m0/s1. The molecule has 4 N–H and O–H groups in total.